The molecule has 0 aromatic heterocycles. The molecule has 2 aliphatic rings. The molecule has 0 bridgehead atoms. The molecule has 20 heavy (non-hydrogen) atoms. The second kappa shape index (κ2) is 8.82. The summed E-state index contributed by atoms with van der Waals surface area (Å²) in [6, 6.07) is 0. The molecule has 0 aromatic rings. The Balaban J connectivity index is 0.000000330. The van der Waals surface area contributed by atoms with Gasteiger partial charge < -0.3 is 15.4 Å². The Kier molecular flexibility index (Phi) is 8.26. The summed E-state index contributed by atoms with van der Waals surface area (Å²) in [6.45, 7) is 11.3. The summed E-state index contributed by atoms with van der Waals surface area (Å²) in [6.07, 6.45) is 4.01. The van der Waals surface area contributed by atoms with Crippen molar-refractivity contribution in [3.63, 3.8) is 0 Å². The van der Waals surface area contributed by atoms with E-state index in [1.807, 2.05) is 18.7 Å². The van der Waals surface area contributed by atoms with Gasteiger partial charge in [0.25, 0.3) is 0 Å². The van der Waals surface area contributed by atoms with Crippen LogP contribution in [0.3, 0.4) is 0 Å². The SMILES string of the molecule is CC.CC(C)(C)OC(N)=O.O=C(C1CC1)N1CCCC1. The molecule has 0 spiro atoms. The van der Waals surface area contributed by atoms with Crippen molar-refractivity contribution in [2.75, 3.05) is 13.1 Å². The maximum absolute atomic E-state index is 11.3. The molecule has 1 aliphatic carbocycles. The fourth-order valence-electron chi connectivity index (χ4n) is 1.83. The Hall–Kier alpha value is -1.26. The van der Waals surface area contributed by atoms with Crippen molar-refractivity contribution in [1.29, 1.82) is 0 Å². The average molecular weight is 286 g/mol. The number of amides is 2. The van der Waals surface area contributed by atoms with Crippen LogP contribution >= 0.6 is 0 Å². The first kappa shape index (κ1) is 18.7. The van der Waals surface area contributed by atoms with Crippen LogP contribution in [0, 0.1) is 5.92 Å². The molecule has 5 heteroatoms. The predicted molar refractivity (Wildman–Crippen MR) is 80.3 cm³/mol. The van der Waals surface area contributed by atoms with Crippen molar-refractivity contribution in [1.82, 2.24) is 4.90 Å². The van der Waals surface area contributed by atoms with Crippen LogP contribution in [-0.4, -0.2) is 35.6 Å². The zero-order valence-electron chi connectivity index (χ0n) is 13.6. The second-order valence-electron chi connectivity index (χ2n) is 5.84. The van der Waals surface area contributed by atoms with Crippen molar-refractivity contribution in [2.45, 2.75) is 65.9 Å². The fraction of sp³-hybridized carbons (Fsp3) is 0.867. The van der Waals surface area contributed by atoms with Gasteiger partial charge in [0.15, 0.2) is 0 Å². The first-order chi connectivity index (χ1) is 9.29. The van der Waals surface area contributed by atoms with E-state index in [1.165, 1.54) is 12.8 Å². The Morgan fingerprint density at radius 3 is 1.80 bits per heavy atom. The minimum atomic E-state index is -0.725. The van der Waals surface area contributed by atoms with Gasteiger partial charge in [-0.3, -0.25) is 4.79 Å². The largest absolute Gasteiger partial charge is 0.444 e. The van der Waals surface area contributed by atoms with Gasteiger partial charge in [-0.1, -0.05) is 13.8 Å². The number of hydrogen-bond donors (Lipinski definition) is 1. The molecule has 1 heterocycles. The number of carbonyl (C=O) groups is 2. The van der Waals surface area contributed by atoms with Crippen molar-refractivity contribution >= 4 is 12.0 Å². The monoisotopic (exact) mass is 286 g/mol. The molecule has 1 aliphatic heterocycles. The molecule has 2 fully saturated rings. The molecule has 0 unspecified atom stereocenters. The lowest BCUT2D eigenvalue weighted by atomic mass is 10.2. The van der Waals surface area contributed by atoms with E-state index in [-0.39, 0.29) is 0 Å². The number of ether oxygens (including phenoxy) is 1. The second-order valence-corrected chi connectivity index (χ2v) is 5.84. The zero-order valence-corrected chi connectivity index (χ0v) is 13.6. The number of primary amides is 1. The van der Waals surface area contributed by atoms with Crippen molar-refractivity contribution in [3.8, 4) is 0 Å². The van der Waals surface area contributed by atoms with Gasteiger partial charge in [-0.15, -0.1) is 0 Å². The Morgan fingerprint density at radius 2 is 1.55 bits per heavy atom. The van der Waals surface area contributed by atoms with Gasteiger partial charge in [0.1, 0.15) is 5.60 Å². The lowest BCUT2D eigenvalue weighted by Crippen LogP contribution is -2.28. The minimum absolute atomic E-state index is 0.428. The zero-order chi connectivity index (χ0) is 15.8. The van der Waals surface area contributed by atoms with E-state index >= 15 is 0 Å². The van der Waals surface area contributed by atoms with Crippen molar-refractivity contribution in [3.05, 3.63) is 0 Å². The highest BCUT2D eigenvalue weighted by atomic mass is 16.6. The van der Waals surface area contributed by atoms with Crippen molar-refractivity contribution in [2.24, 2.45) is 11.7 Å². The molecule has 1 saturated heterocycles. The van der Waals surface area contributed by atoms with Crippen molar-refractivity contribution < 1.29 is 14.3 Å². The summed E-state index contributed by atoms with van der Waals surface area (Å²) in [5.74, 6) is 0.857. The molecule has 1 saturated carbocycles. The summed E-state index contributed by atoms with van der Waals surface area (Å²) in [4.78, 5) is 23.4. The van der Waals surface area contributed by atoms with E-state index in [2.05, 4.69) is 4.74 Å². The number of nitrogens with two attached hydrogens (primary N) is 1. The summed E-state index contributed by atoms with van der Waals surface area (Å²) in [5, 5.41) is 0. The quantitative estimate of drug-likeness (QED) is 0.805. The molecular formula is C15H30N2O3. The summed E-state index contributed by atoms with van der Waals surface area (Å²) >= 11 is 0. The number of hydrogen-bond acceptors (Lipinski definition) is 3. The first-order valence-corrected chi connectivity index (χ1v) is 7.57. The average Bonchev–Trinajstić information content (AvgIpc) is 3.04. The van der Waals surface area contributed by atoms with Crippen LogP contribution in [0.4, 0.5) is 4.79 Å². The predicted octanol–water partition coefficient (Wildman–Crippen LogP) is 2.93. The molecular weight excluding hydrogens is 256 g/mol. The van der Waals surface area contributed by atoms with Gasteiger partial charge in [0, 0.05) is 19.0 Å². The summed E-state index contributed by atoms with van der Waals surface area (Å²) < 4.78 is 4.58. The molecule has 0 radical (unpaired) electrons. The number of nitrogens with zero attached hydrogens (tertiary/aromatic N) is 1. The van der Waals surface area contributed by atoms with E-state index in [1.54, 1.807) is 20.8 Å². The molecule has 118 valence electrons. The lowest BCUT2D eigenvalue weighted by Gasteiger charge is -2.16. The number of carbonyl (C=O) groups excluding carboxylic acids is 2. The maximum atomic E-state index is 11.3. The van der Waals surface area contributed by atoms with Gasteiger partial charge in [-0.25, -0.2) is 4.79 Å². The summed E-state index contributed by atoms with van der Waals surface area (Å²) in [7, 11) is 0. The molecule has 2 amide bonds. The minimum Gasteiger partial charge on any atom is -0.444 e. The maximum Gasteiger partial charge on any atom is 0.405 e. The third-order valence-electron chi connectivity index (χ3n) is 2.75. The Morgan fingerprint density at radius 1 is 1.10 bits per heavy atom. The van der Waals surface area contributed by atoms with Gasteiger partial charge in [0.2, 0.25) is 5.91 Å². The van der Waals surface area contributed by atoms with Crippen LogP contribution in [0.25, 0.3) is 0 Å². The molecule has 5 nitrogen and oxygen atoms in total. The topological polar surface area (TPSA) is 72.6 Å². The highest BCUT2D eigenvalue weighted by Gasteiger charge is 2.34. The third kappa shape index (κ3) is 8.77. The smallest absolute Gasteiger partial charge is 0.405 e. The lowest BCUT2D eigenvalue weighted by molar-refractivity contribution is -0.131. The standard InChI is InChI=1S/C8H13NO.C5H11NO2.C2H6/c10-8(7-3-4-7)9-5-1-2-6-9;1-5(2,3)8-4(6)7;1-2/h7H,1-6H2;1-3H3,(H2,6,7);1-2H3. The first-order valence-electron chi connectivity index (χ1n) is 7.57. The van der Waals surface area contributed by atoms with Gasteiger partial charge in [-0.05, 0) is 46.5 Å². The number of rotatable bonds is 1. The van der Waals surface area contributed by atoms with E-state index in [0.717, 1.165) is 25.9 Å². The molecule has 0 atom stereocenters. The van der Waals surface area contributed by atoms with E-state index in [4.69, 9.17) is 5.73 Å². The van der Waals surface area contributed by atoms with Crippen LogP contribution in [-0.2, 0) is 9.53 Å². The van der Waals surface area contributed by atoms with Crippen LogP contribution in [0.2, 0.25) is 0 Å². The van der Waals surface area contributed by atoms with Gasteiger partial charge >= 0.3 is 6.09 Å². The third-order valence-corrected chi connectivity index (χ3v) is 2.75. The van der Waals surface area contributed by atoms with Gasteiger partial charge in [-0.2, -0.15) is 0 Å². The van der Waals surface area contributed by atoms with E-state index in [0.29, 0.717) is 11.8 Å². The summed E-state index contributed by atoms with van der Waals surface area (Å²) in [5.41, 5.74) is 4.26. The highest BCUT2D eigenvalue weighted by molar-refractivity contribution is 5.81. The normalized spacial score (nSPS) is 17.4. The molecule has 2 N–H and O–H groups in total. The molecule has 2 rings (SSSR count). The number of likely N-dealkylation sites (tertiary alicyclic amines) is 1. The fourth-order valence-corrected chi connectivity index (χ4v) is 1.83. The Labute approximate surface area is 122 Å². The van der Waals surface area contributed by atoms with Crippen LogP contribution in [0.5, 0.6) is 0 Å². The van der Waals surface area contributed by atoms with Crippen LogP contribution in [0.1, 0.15) is 60.3 Å². The molecule has 0 aromatic carbocycles. The van der Waals surface area contributed by atoms with Crippen LogP contribution in [0.15, 0.2) is 0 Å². The Bertz CT molecular complexity index is 301. The van der Waals surface area contributed by atoms with E-state index in [9.17, 15) is 9.59 Å². The van der Waals surface area contributed by atoms with Gasteiger partial charge in [0.05, 0.1) is 0 Å². The van der Waals surface area contributed by atoms with Crippen LogP contribution < -0.4 is 5.73 Å². The van der Waals surface area contributed by atoms with E-state index < -0.39 is 11.7 Å². The highest BCUT2D eigenvalue weighted by Crippen LogP contribution is 2.31.